The molecule has 0 aliphatic carbocycles. The highest BCUT2D eigenvalue weighted by atomic mass is 35.5. The van der Waals surface area contributed by atoms with Crippen molar-refractivity contribution in [2.24, 2.45) is 0 Å². The van der Waals surface area contributed by atoms with Crippen LogP contribution in [0.25, 0.3) is 10.8 Å². The fourth-order valence-corrected chi connectivity index (χ4v) is 5.58. The summed E-state index contributed by atoms with van der Waals surface area (Å²) in [6.45, 7) is 10.5. The minimum Gasteiger partial charge on any atom is -0.354 e. The predicted molar refractivity (Wildman–Crippen MR) is 141 cm³/mol. The average molecular weight is 498 g/mol. The van der Waals surface area contributed by atoms with Crippen LogP contribution >= 0.6 is 11.6 Å². The van der Waals surface area contributed by atoms with Gasteiger partial charge in [0, 0.05) is 53.5 Å². The van der Waals surface area contributed by atoms with Crippen LogP contribution in [0.15, 0.2) is 35.3 Å². The van der Waals surface area contributed by atoms with Crippen LogP contribution in [0.1, 0.15) is 56.5 Å². The van der Waals surface area contributed by atoms with Crippen LogP contribution < -0.4 is 10.9 Å². The van der Waals surface area contributed by atoms with E-state index in [2.05, 4.69) is 33.7 Å². The lowest BCUT2D eigenvalue weighted by atomic mass is 9.97. The third-order valence-corrected chi connectivity index (χ3v) is 7.84. The number of piperidine rings is 1. The number of nitrogens with one attached hydrogen (secondary N) is 1. The maximum Gasteiger partial charge on any atom is 0.276 e. The molecule has 1 fully saturated rings. The smallest absolute Gasteiger partial charge is 0.276 e. The molecule has 1 amide bonds. The SMILES string of the molecule is Cc1c2cnn(CC(=O)NCCCN3C(C)CCCC3C)c(=O)c2c(C)n1Cc1ccccc1Cl. The van der Waals surface area contributed by atoms with Crippen LogP contribution in [0, 0.1) is 13.8 Å². The molecule has 0 radical (unpaired) electrons. The van der Waals surface area contributed by atoms with Crippen molar-refractivity contribution in [1.82, 2.24) is 24.6 Å². The second-order valence-electron chi connectivity index (χ2n) is 9.81. The number of amides is 1. The fraction of sp³-hybridized carbons (Fsp3) is 0.519. The number of aryl methyl sites for hydroxylation is 2. The first-order valence-electron chi connectivity index (χ1n) is 12.6. The van der Waals surface area contributed by atoms with Crippen molar-refractivity contribution in [3.05, 3.63) is 62.8 Å². The molecule has 4 rings (SSSR count). The second-order valence-corrected chi connectivity index (χ2v) is 10.2. The number of hydrogen-bond donors (Lipinski definition) is 1. The van der Waals surface area contributed by atoms with E-state index < -0.39 is 0 Å². The quantitative estimate of drug-likeness (QED) is 0.471. The molecule has 2 aromatic heterocycles. The Bertz CT molecular complexity index is 1250. The number of nitrogens with zero attached hydrogens (tertiary/aromatic N) is 4. The van der Waals surface area contributed by atoms with Gasteiger partial charge in [0.1, 0.15) is 6.54 Å². The van der Waals surface area contributed by atoms with Crippen LogP contribution in [0.5, 0.6) is 0 Å². The molecule has 3 aromatic rings. The summed E-state index contributed by atoms with van der Waals surface area (Å²) in [5.74, 6) is -0.191. The van der Waals surface area contributed by atoms with Gasteiger partial charge in [-0.15, -0.1) is 0 Å². The Morgan fingerprint density at radius 1 is 1.14 bits per heavy atom. The molecule has 188 valence electrons. The normalized spacial score (nSPS) is 18.8. The summed E-state index contributed by atoms with van der Waals surface area (Å²) in [4.78, 5) is 28.4. The fourth-order valence-electron chi connectivity index (χ4n) is 5.39. The standard InChI is InChI=1S/C27H36ClN5O2/c1-18-9-7-10-19(2)31(18)14-8-13-29-25(34)17-33-27(35)26-21(4)32(20(3)23(26)15-30-33)16-22-11-5-6-12-24(22)28/h5-6,11-12,15,18-19H,7-10,13-14,16-17H2,1-4H3,(H,29,34). The Labute approximate surface area is 212 Å². The van der Waals surface area contributed by atoms with E-state index in [4.69, 9.17) is 11.6 Å². The lowest BCUT2D eigenvalue weighted by Gasteiger charge is -2.39. The number of fused-ring (bicyclic) bond motifs is 1. The number of hydrogen-bond acceptors (Lipinski definition) is 4. The molecular weight excluding hydrogens is 462 g/mol. The van der Waals surface area contributed by atoms with Crippen LogP contribution in [-0.2, 0) is 17.9 Å². The Balaban J connectivity index is 1.42. The summed E-state index contributed by atoms with van der Waals surface area (Å²) in [6.07, 6.45) is 6.36. The van der Waals surface area contributed by atoms with Gasteiger partial charge in [-0.1, -0.05) is 36.2 Å². The Morgan fingerprint density at radius 3 is 2.57 bits per heavy atom. The van der Waals surface area contributed by atoms with Crippen molar-refractivity contribution in [1.29, 1.82) is 0 Å². The number of halogens is 1. The molecular formula is C27H36ClN5O2. The zero-order valence-corrected chi connectivity index (χ0v) is 21.9. The average Bonchev–Trinajstić information content (AvgIpc) is 3.06. The van der Waals surface area contributed by atoms with Crippen molar-refractivity contribution in [2.45, 2.75) is 78.6 Å². The monoisotopic (exact) mass is 497 g/mol. The van der Waals surface area contributed by atoms with E-state index in [1.54, 1.807) is 6.20 Å². The molecule has 1 aromatic carbocycles. The summed E-state index contributed by atoms with van der Waals surface area (Å²) in [7, 11) is 0. The van der Waals surface area contributed by atoms with Gasteiger partial charge in [-0.05, 0) is 58.6 Å². The summed E-state index contributed by atoms with van der Waals surface area (Å²) in [5, 5.41) is 9.37. The van der Waals surface area contributed by atoms with Gasteiger partial charge in [-0.25, -0.2) is 4.68 Å². The second kappa shape index (κ2) is 11.0. The van der Waals surface area contributed by atoms with Crippen molar-refractivity contribution in [3.63, 3.8) is 0 Å². The lowest BCUT2D eigenvalue weighted by Crippen LogP contribution is -2.45. The molecule has 0 spiro atoms. The first kappa shape index (κ1) is 25.5. The summed E-state index contributed by atoms with van der Waals surface area (Å²) >= 11 is 6.36. The van der Waals surface area contributed by atoms with Gasteiger partial charge < -0.3 is 9.88 Å². The number of aromatic nitrogens is 3. The van der Waals surface area contributed by atoms with E-state index in [-0.39, 0.29) is 18.0 Å². The Morgan fingerprint density at radius 2 is 1.86 bits per heavy atom. The molecule has 2 unspecified atom stereocenters. The zero-order chi connectivity index (χ0) is 25.1. The summed E-state index contributed by atoms with van der Waals surface area (Å²) < 4.78 is 3.35. The van der Waals surface area contributed by atoms with Gasteiger partial charge in [0.2, 0.25) is 5.91 Å². The maximum absolute atomic E-state index is 13.3. The van der Waals surface area contributed by atoms with E-state index in [1.165, 1.54) is 23.9 Å². The highest BCUT2D eigenvalue weighted by molar-refractivity contribution is 6.31. The van der Waals surface area contributed by atoms with E-state index in [1.807, 2.05) is 38.1 Å². The number of likely N-dealkylation sites (tertiary alicyclic amines) is 1. The first-order valence-corrected chi connectivity index (χ1v) is 13.0. The van der Waals surface area contributed by atoms with Gasteiger partial charge in [0.25, 0.3) is 5.56 Å². The van der Waals surface area contributed by atoms with E-state index in [0.29, 0.717) is 35.6 Å². The van der Waals surface area contributed by atoms with Gasteiger partial charge in [0.05, 0.1) is 11.6 Å². The van der Waals surface area contributed by atoms with Crippen molar-refractivity contribution in [3.8, 4) is 0 Å². The summed E-state index contributed by atoms with van der Waals surface area (Å²) in [5.41, 5.74) is 2.55. The van der Waals surface area contributed by atoms with E-state index >= 15 is 0 Å². The maximum atomic E-state index is 13.3. The van der Waals surface area contributed by atoms with E-state index in [0.717, 1.165) is 35.3 Å². The molecule has 1 saturated heterocycles. The van der Waals surface area contributed by atoms with Crippen LogP contribution in [0.3, 0.4) is 0 Å². The van der Waals surface area contributed by atoms with Gasteiger partial charge in [0.15, 0.2) is 0 Å². The van der Waals surface area contributed by atoms with Crippen LogP contribution in [0.2, 0.25) is 5.02 Å². The number of rotatable bonds is 8. The largest absolute Gasteiger partial charge is 0.354 e. The number of benzene rings is 1. The van der Waals surface area contributed by atoms with Gasteiger partial charge in [-0.2, -0.15) is 5.10 Å². The minimum atomic E-state index is -0.243. The third-order valence-electron chi connectivity index (χ3n) is 7.48. The molecule has 1 aliphatic heterocycles. The predicted octanol–water partition coefficient (Wildman–Crippen LogP) is 4.29. The van der Waals surface area contributed by atoms with Crippen LogP contribution in [0.4, 0.5) is 0 Å². The third kappa shape index (κ3) is 5.46. The molecule has 0 bridgehead atoms. The van der Waals surface area contributed by atoms with Crippen molar-refractivity contribution < 1.29 is 4.79 Å². The minimum absolute atomic E-state index is 0.0839. The molecule has 8 heteroatoms. The van der Waals surface area contributed by atoms with Crippen LogP contribution in [-0.4, -0.2) is 50.3 Å². The molecule has 3 heterocycles. The zero-order valence-electron chi connectivity index (χ0n) is 21.2. The molecule has 2 atom stereocenters. The van der Waals surface area contributed by atoms with Gasteiger partial charge in [-0.3, -0.25) is 14.5 Å². The Kier molecular flexibility index (Phi) is 7.97. The molecule has 35 heavy (non-hydrogen) atoms. The lowest BCUT2D eigenvalue weighted by molar-refractivity contribution is -0.121. The van der Waals surface area contributed by atoms with Gasteiger partial charge >= 0.3 is 0 Å². The summed E-state index contributed by atoms with van der Waals surface area (Å²) in [6, 6.07) is 8.91. The number of carbonyl (C=O) groups excluding carboxylic acids is 1. The van der Waals surface area contributed by atoms with E-state index in [9.17, 15) is 9.59 Å². The number of carbonyl (C=O) groups is 1. The van der Waals surface area contributed by atoms with Crippen molar-refractivity contribution in [2.75, 3.05) is 13.1 Å². The highest BCUT2D eigenvalue weighted by Gasteiger charge is 2.24. The molecule has 0 saturated carbocycles. The highest BCUT2D eigenvalue weighted by Crippen LogP contribution is 2.25. The van der Waals surface area contributed by atoms with Crippen molar-refractivity contribution >= 4 is 28.3 Å². The first-order chi connectivity index (χ1) is 16.8. The molecule has 1 N–H and O–H groups in total. The Hall–Kier alpha value is -2.64. The topological polar surface area (TPSA) is 72.2 Å². The molecule has 1 aliphatic rings. The molecule has 7 nitrogen and oxygen atoms in total.